The second-order valence-electron chi connectivity index (χ2n) is 3.26. The van der Waals surface area contributed by atoms with Crippen LogP contribution < -0.4 is 10.5 Å². The maximum absolute atomic E-state index is 11.1. The van der Waals surface area contributed by atoms with Gasteiger partial charge in [0.1, 0.15) is 5.75 Å². The molecule has 0 aliphatic carbocycles. The van der Waals surface area contributed by atoms with Crippen molar-refractivity contribution in [1.29, 1.82) is 0 Å². The smallest absolute Gasteiger partial charge is 0.310 e. The summed E-state index contributed by atoms with van der Waals surface area (Å²) in [4.78, 5) is 11.1. The second-order valence-corrected chi connectivity index (χ2v) is 3.26. The first kappa shape index (κ1) is 11.4. The monoisotopic (exact) mass is 209 g/mol. The Morgan fingerprint density at radius 2 is 2.07 bits per heavy atom. The Hall–Kier alpha value is -1.71. The molecule has 1 rings (SSSR count). The van der Waals surface area contributed by atoms with Gasteiger partial charge >= 0.3 is 5.97 Å². The number of methoxy groups -OCH3 is 2. The van der Waals surface area contributed by atoms with Crippen LogP contribution in [0, 0.1) is 6.92 Å². The second kappa shape index (κ2) is 4.68. The number of esters is 1. The van der Waals surface area contributed by atoms with Gasteiger partial charge in [0.25, 0.3) is 0 Å². The Morgan fingerprint density at radius 1 is 1.40 bits per heavy atom. The molecule has 0 amide bonds. The van der Waals surface area contributed by atoms with E-state index in [0.29, 0.717) is 11.4 Å². The molecular formula is C11H15NO3. The molecule has 0 heterocycles. The highest BCUT2D eigenvalue weighted by atomic mass is 16.5. The van der Waals surface area contributed by atoms with Gasteiger partial charge in [0.2, 0.25) is 0 Å². The molecule has 0 bridgehead atoms. The van der Waals surface area contributed by atoms with Crippen molar-refractivity contribution in [3.8, 4) is 5.75 Å². The van der Waals surface area contributed by atoms with Crippen molar-refractivity contribution < 1.29 is 14.3 Å². The number of aryl methyl sites for hydroxylation is 1. The van der Waals surface area contributed by atoms with E-state index in [-0.39, 0.29) is 12.4 Å². The highest BCUT2D eigenvalue weighted by Crippen LogP contribution is 2.24. The zero-order chi connectivity index (χ0) is 11.4. The summed E-state index contributed by atoms with van der Waals surface area (Å²) in [6.07, 6.45) is 0.193. The van der Waals surface area contributed by atoms with Gasteiger partial charge in [-0.2, -0.15) is 0 Å². The number of hydrogen-bond acceptors (Lipinski definition) is 4. The highest BCUT2D eigenvalue weighted by molar-refractivity contribution is 5.76. The van der Waals surface area contributed by atoms with Crippen LogP contribution >= 0.6 is 0 Å². The molecule has 1 aromatic carbocycles. The third kappa shape index (κ3) is 2.62. The van der Waals surface area contributed by atoms with Crippen molar-refractivity contribution in [3.05, 3.63) is 23.3 Å². The molecule has 0 atom stereocenters. The number of carbonyl (C=O) groups is 1. The van der Waals surface area contributed by atoms with Gasteiger partial charge in [-0.25, -0.2) is 0 Å². The van der Waals surface area contributed by atoms with Crippen LogP contribution in [-0.4, -0.2) is 20.2 Å². The lowest BCUT2D eigenvalue weighted by atomic mass is 10.0. The lowest BCUT2D eigenvalue weighted by molar-refractivity contribution is -0.139. The molecule has 0 aliphatic rings. The van der Waals surface area contributed by atoms with Crippen LogP contribution in [0.4, 0.5) is 5.69 Å². The van der Waals surface area contributed by atoms with Crippen LogP contribution in [-0.2, 0) is 16.0 Å². The number of nitrogens with two attached hydrogens (primary N) is 1. The van der Waals surface area contributed by atoms with Crippen LogP contribution in [0.5, 0.6) is 5.75 Å². The Balaban J connectivity index is 3.03. The quantitative estimate of drug-likeness (QED) is 0.602. The Morgan fingerprint density at radius 3 is 2.53 bits per heavy atom. The summed E-state index contributed by atoms with van der Waals surface area (Å²) < 4.78 is 9.66. The number of nitrogen functional groups attached to an aromatic ring is 1. The molecule has 15 heavy (non-hydrogen) atoms. The Bertz CT molecular complexity index is 351. The van der Waals surface area contributed by atoms with Crippen molar-refractivity contribution in [2.45, 2.75) is 13.3 Å². The van der Waals surface area contributed by atoms with Gasteiger partial charge in [-0.3, -0.25) is 4.79 Å². The van der Waals surface area contributed by atoms with E-state index in [4.69, 9.17) is 10.5 Å². The predicted octanol–water partition coefficient (Wildman–Crippen LogP) is 1.30. The van der Waals surface area contributed by atoms with Gasteiger partial charge in [-0.15, -0.1) is 0 Å². The molecule has 0 unspecified atom stereocenters. The van der Waals surface area contributed by atoms with Gasteiger partial charge in [0, 0.05) is 11.8 Å². The summed E-state index contributed by atoms with van der Waals surface area (Å²) in [6, 6.07) is 3.54. The summed E-state index contributed by atoms with van der Waals surface area (Å²) in [6.45, 7) is 1.89. The number of ether oxygens (including phenoxy) is 2. The summed E-state index contributed by atoms with van der Waals surface area (Å²) >= 11 is 0. The van der Waals surface area contributed by atoms with Gasteiger partial charge < -0.3 is 15.2 Å². The predicted molar refractivity (Wildman–Crippen MR) is 57.9 cm³/mol. The molecule has 0 aromatic heterocycles. The van der Waals surface area contributed by atoms with Crippen LogP contribution in [0.15, 0.2) is 12.1 Å². The normalized spacial score (nSPS) is 9.80. The fourth-order valence-corrected chi connectivity index (χ4v) is 1.39. The average molecular weight is 209 g/mol. The molecule has 0 fully saturated rings. The topological polar surface area (TPSA) is 61.5 Å². The van der Waals surface area contributed by atoms with Crippen molar-refractivity contribution >= 4 is 11.7 Å². The highest BCUT2D eigenvalue weighted by Gasteiger charge is 2.10. The fourth-order valence-electron chi connectivity index (χ4n) is 1.39. The summed E-state index contributed by atoms with van der Waals surface area (Å²) in [7, 11) is 2.94. The molecule has 2 N–H and O–H groups in total. The summed E-state index contributed by atoms with van der Waals surface area (Å²) in [5.41, 5.74) is 8.09. The molecule has 0 radical (unpaired) electrons. The van der Waals surface area contributed by atoms with Gasteiger partial charge in [0.15, 0.2) is 0 Å². The van der Waals surface area contributed by atoms with Crippen molar-refractivity contribution in [2.75, 3.05) is 20.0 Å². The van der Waals surface area contributed by atoms with Crippen molar-refractivity contribution in [3.63, 3.8) is 0 Å². The molecule has 4 nitrogen and oxygen atoms in total. The van der Waals surface area contributed by atoms with E-state index in [1.165, 1.54) is 7.11 Å². The van der Waals surface area contributed by atoms with E-state index in [9.17, 15) is 4.79 Å². The van der Waals surface area contributed by atoms with Gasteiger partial charge in [-0.05, 0) is 24.1 Å². The minimum absolute atomic E-state index is 0.193. The Labute approximate surface area is 89.0 Å². The number of anilines is 1. The van der Waals surface area contributed by atoms with Crippen LogP contribution in [0.3, 0.4) is 0 Å². The van der Waals surface area contributed by atoms with Crippen molar-refractivity contribution in [2.24, 2.45) is 0 Å². The number of benzene rings is 1. The van der Waals surface area contributed by atoms with Crippen LogP contribution in [0.25, 0.3) is 0 Å². The molecule has 4 heteroatoms. The van der Waals surface area contributed by atoms with E-state index in [1.54, 1.807) is 13.2 Å². The average Bonchev–Trinajstić information content (AvgIpc) is 2.22. The van der Waals surface area contributed by atoms with E-state index >= 15 is 0 Å². The maximum atomic E-state index is 11.1. The van der Waals surface area contributed by atoms with E-state index < -0.39 is 0 Å². The minimum atomic E-state index is -0.296. The molecule has 0 spiro atoms. The van der Waals surface area contributed by atoms with Gasteiger partial charge in [0.05, 0.1) is 20.6 Å². The van der Waals surface area contributed by atoms with E-state index in [2.05, 4.69) is 4.74 Å². The zero-order valence-electron chi connectivity index (χ0n) is 9.16. The van der Waals surface area contributed by atoms with E-state index in [1.807, 2.05) is 13.0 Å². The van der Waals surface area contributed by atoms with Crippen LogP contribution in [0.1, 0.15) is 11.1 Å². The third-order valence-electron chi connectivity index (χ3n) is 2.27. The lowest BCUT2D eigenvalue weighted by Gasteiger charge is -2.10. The fraction of sp³-hybridized carbons (Fsp3) is 0.364. The lowest BCUT2D eigenvalue weighted by Crippen LogP contribution is -2.08. The number of hydrogen-bond donors (Lipinski definition) is 1. The molecule has 82 valence electrons. The first-order valence-corrected chi connectivity index (χ1v) is 4.58. The Kier molecular flexibility index (Phi) is 3.55. The number of rotatable bonds is 3. The first-order valence-electron chi connectivity index (χ1n) is 4.58. The molecule has 0 saturated heterocycles. The largest absolute Gasteiger partial charge is 0.497 e. The van der Waals surface area contributed by atoms with E-state index in [0.717, 1.165) is 11.1 Å². The SMILES string of the molecule is COC(=O)Cc1c(C)cc(OC)cc1N. The van der Waals surface area contributed by atoms with Gasteiger partial charge in [-0.1, -0.05) is 0 Å². The maximum Gasteiger partial charge on any atom is 0.310 e. The standard InChI is InChI=1S/C11H15NO3/c1-7-4-8(14-2)5-10(12)9(7)6-11(13)15-3/h4-5H,6,12H2,1-3H3. The summed E-state index contributed by atoms with van der Waals surface area (Å²) in [5.74, 6) is 0.397. The minimum Gasteiger partial charge on any atom is -0.497 e. The number of carbonyl (C=O) groups excluding carboxylic acids is 1. The third-order valence-corrected chi connectivity index (χ3v) is 2.27. The van der Waals surface area contributed by atoms with Crippen LogP contribution in [0.2, 0.25) is 0 Å². The molecule has 1 aromatic rings. The zero-order valence-corrected chi connectivity index (χ0v) is 9.16. The first-order chi connectivity index (χ1) is 7.08. The van der Waals surface area contributed by atoms with Crippen molar-refractivity contribution in [1.82, 2.24) is 0 Å². The molecule has 0 saturated carbocycles. The summed E-state index contributed by atoms with van der Waals surface area (Å²) in [5, 5.41) is 0. The molecular weight excluding hydrogens is 194 g/mol. The molecule has 0 aliphatic heterocycles.